The number of hydrogen-bond donors (Lipinski definition) is 1. The lowest BCUT2D eigenvalue weighted by Gasteiger charge is -2.18. The van der Waals surface area contributed by atoms with Gasteiger partial charge in [-0.1, -0.05) is 0 Å². The zero-order chi connectivity index (χ0) is 9.14. The normalized spacial score (nSPS) is 23.5. The maximum Gasteiger partial charge on any atom is 0.317 e. The van der Waals surface area contributed by atoms with Crippen LogP contribution in [0.5, 0.6) is 0 Å². The number of ether oxygens (including phenoxy) is 1. The quantitative estimate of drug-likeness (QED) is 0.671. The average molecular weight is 172 g/mol. The molecule has 70 valence electrons. The van der Waals surface area contributed by atoms with Crippen LogP contribution in [-0.4, -0.2) is 43.3 Å². The summed E-state index contributed by atoms with van der Waals surface area (Å²) < 4.78 is 5.41. The van der Waals surface area contributed by atoms with E-state index in [2.05, 4.69) is 5.32 Å². The summed E-state index contributed by atoms with van der Waals surface area (Å²) in [7, 11) is 1.79. The van der Waals surface area contributed by atoms with Gasteiger partial charge in [-0.2, -0.15) is 0 Å². The molecule has 1 aliphatic heterocycles. The second-order valence-corrected chi connectivity index (χ2v) is 3.33. The van der Waals surface area contributed by atoms with Gasteiger partial charge < -0.3 is 15.0 Å². The van der Waals surface area contributed by atoms with Crippen LogP contribution >= 0.6 is 0 Å². The number of carbonyl (C=O) groups is 1. The highest BCUT2D eigenvalue weighted by atomic mass is 16.5. The van der Waals surface area contributed by atoms with Crippen LogP contribution < -0.4 is 5.32 Å². The molecule has 0 unspecified atom stereocenters. The number of amides is 2. The standard InChI is InChI=1S/C8H16N2O2/c1-6(2)12-5-7-4-9-8(11)10(7)3/h6-7H,4-5H2,1-3H3,(H,9,11)/t7-/m1/s1. The van der Waals surface area contributed by atoms with Gasteiger partial charge in [-0.15, -0.1) is 0 Å². The molecule has 1 heterocycles. The van der Waals surface area contributed by atoms with Crippen molar-refractivity contribution in [3.05, 3.63) is 0 Å². The molecule has 0 spiro atoms. The Bertz CT molecular complexity index is 170. The number of urea groups is 1. The summed E-state index contributed by atoms with van der Waals surface area (Å²) >= 11 is 0. The molecule has 12 heavy (non-hydrogen) atoms. The Labute approximate surface area is 72.9 Å². The Balaban J connectivity index is 2.29. The first-order valence-corrected chi connectivity index (χ1v) is 4.23. The van der Waals surface area contributed by atoms with E-state index in [-0.39, 0.29) is 18.2 Å². The van der Waals surface area contributed by atoms with Crippen molar-refractivity contribution < 1.29 is 9.53 Å². The number of nitrogens with one attached hydrogen (secondary N) is 1. The lowest BCUT2D eigenvalue weighted by atomic mass is 10.3. The molecule has 1 atom stereocenters. The zero-order valence-electron chi connectivity index (χ0n) is 7.83. The van der Waals surface area contributed by atoms with Crippen LogP contribution in [0.2, 0.25) is 0 Å². The molecular formula is C8H16N2O2. The molecule has 1 N–H and O–H groups in total. The van der Waals surface area contributed by atoms with E-state index in [0.717, 1.165) is 0 Å². The van der Waals surface area contributed by atoms with E-state index >= 15 is 0 Å². The second-order valence-electron chi connectivity index (χ2n) is 3.33. The van der Waals surface area contributed by atoms with E-state index in [4.69, 9.17) is 4.74 Å². The minimum Gasteiger partial charge on any atom is -0.377 e. The first kappa shape index (κ1) is 9.32. The zero-order valence-corrected chi connectivity index (χ0v) is 7.83. The number of carbonyl (C=O) groups excluding carboxylic acids is 1. The Hall–Kier alpha value is -0.770. The van der Waals surface area contributed by atoms with Gasteiger partial charge >= 0.3 is 6.03 Å². The third-order valence-corrected chi connectivity index (χ3v) is 1.98. The molecule has 1 rings (SSSR count). The number of nitrogens with zero attached hydrogens (tertiary/aromatic N) is 1. The van der Waals surface area contributed by atoms with Gasteiger partial charge in [0.05, 0.1) is 18.8 Å². The van der Waals surface area contributed by atoms with Gasteiger partial charge in [0.25, 0.3) is 0 Å². The summed E-state index contributed by atoms with van der Waals surface area (Å²) in [5, 5.41) is 2.75. The van der Waals surface area contributed by atoms with Crippen LogP contribution in [0.25, 0.3) is 0 Å². The molecule has 0 aromatic rings. The molecule has 0 aromatic heterocycles. The van der Waals surface area contributed by atoms with E-state index in [0.29, 0.717) is 13.2 Å². The van der Waals surface area contributed by atoms with E-state index in [1.54, 1.807) is 11.9 Å². The predicted octanol–water partition coefficient (Wildman–Crippen LogP) is 0.435. The molecule has 0 aromatic carbocycles. The Kier molecular flexibility index (Phi) is 2.92. The van der Waals surface area contributed by atoms with Crippen molar-refractivity contribution in [1.29, 1.82) is 0 Å². The number of rotatable bonds is 3. The van der Waals surface area contributed by atoms with Crippen molar-refractivity contribution in [2.24, 2.45) is 0 Å². The number of hydrogen-bond acceptors (Lipinski definition) is 2. The monoisotopic (exact) mass is 172 g/mol. The fourth-order valence-electron chi connectivity index (χ4n) is 1.11. The van der Waals surface area contributed by atoms with E-state index in [1.807, 2.05) is 13.8 Å². The highest BCUT2D eigenvalue weighted by Gasteiger charge is 2.27. The SMILES string of the molecule is CC(C)OC[C@H]1CNC(=O)N1C. The van der Waals surface area contributed by atoms with Crippen molar-refractivity contribution in [3.63, 3.8) is 0 Å². The highest BCUT2D eigenvalue weighted by Crippen LogP contribution is 2.04. The van der Waals surface area contributed by atoms with Gasteiger partial charge in [0.15, 0.2) is 0 Å². The fraction of sp³-hybridized carbons (Fsp3) is 0.875. The third-order valence-electron chi connectivity index (χ3n) is 1.98. The Morgan fingerprint density at radius 2 is 2.42 bits per heavy atom. The molecule has 1 fully saturated rings. The minimum atomic E-state index is -0.00708. The van der Waals surface area contributed by atoms with Gasteiger partial charge in [0.2, 0.25) is 0 Å². The molecule has 0 bridgehead atoms. The van der Waals surface area contributed by atoms with Crippen LogP contribution in [0.15, 0.2) is 0 Å². The topological polar surface area (TPSA) is 41.6 Å². The third kappa shape index (κ3) is 2.11. The Morgan fingerprint density at radius 3 is 2.83 bits per heavy atom. The number of likely N-dealkylation sites (N-methyl/N-ethyl adjacent to an activating group) is 1. The van der Waals surface area contributed by atoms with E-state index in [9.17, 15) is 4.79 Å². The minimum absolute atomic E-state index is 0.00708. The van der Waals surface area contributed by atoms with Crippen LogP contribution in [0.3, 0.4) is 0 Å². The van der Waals surface area contributed by atoms with Gasteiger partial charge in [-0.05, 0) is 13.8 Å². The first-order valence-electron chi connectivity index (χ1n) is 4.23. The highest BCUT2D eigenvalue weighted by molar-refractivity contribution is 5.76. The van der Waals surface area contributed by atoms with Crippen LogP contribution in [0.1, 0.15) is 13.8 Å². The summed E-state index contributed by atoms with van der Waals surface area (Å²) in [4.78, 5) is 12.7. The molecule has 1 saturated heterocycles. The fourth-order valence-corrected chi connectivity index (χ4v) is 1.11. The van der Waals surface area contributed by atoms with Crippen LogP contribution in [0.4, 0.5) is 4.79 Å². The molecular weight excluding hydrogens is 156 g/mol. The first-order chi connectivity index (χ1) is 5.61. The molecule has 2 amide bonds. The largest absolute Gasteiger partial charge is 0.377 e. The van der Waals surface area contributed by atoms with Crippen molar-refractivity contribution in [2.75, 3.05) is 20.2 Å². The van der Waals surface area contributed by atoms with Gasteiger partial charge in [-0.3, -0.25) is 0 Å². The van der Waals surface area contributed by atoms with Crippen molar-refractivity contribution in [3.8, 4) is 0 Å². The van der Waals surface area contributed by atoms with Crippen molar-refractivity contribution in [2.45, 2.75) is 26.0 Å². The predicted molar refractivity (Wildman–Crippen MR) is 46.0 cm³/mol. The maximum atomic E-state index is 11.0. The molecule has 0 aliphatic carbocycles. The van der Waals surface area contributed by atoms with Crippen LogP contribution in [-0.2, 0) is 4.74 Å². The summed E-state index contributed by atoms with van der Waals surface area (Å²) in [5.74, 6) is 0. The van der Waals surface area contributed by atoms with Gasteiger partial charge in [0, 0.05) is 13.6 Å². The smallest absolute Gasteiger partial charge is 0.317 e. The average Bonchev–Trinajstić information content (AvgIpc) is 2.30. The van der Waals surface area contributed by atoms with Gasteiger partial charge in [0.1, 0.15) is 0 Å². The lowest BCUT2D eigenvalue weighted by Crippen LogP contribution is -2.34. The molecule has 1 aliphatic rings. The molecule has 4 nitrogen and oxygen atoms in total. The lowest BCUT2D eigenvalue weighted by molar-refractivity contribution is 0.0500. The molecule has 0 radical (unpaired) electrons. The van der Waals surface area contributed by atoms with Crippen LogP contribution in [0, 0.1) is 0 Å². The van der Waals surface area contributed by atoms with E-state index in [1.165, 1.54) is 0 Å². The van der Waals surface area contributed by atoms with Crippen molar-refractivity contribution in [1.82, 2.24) is 10.2 Å². The Morgan fingerprint density at radius 1 is 1.75 bits per heavy atom. The summed E-state index contributed by atoms with van der Waals surface area (Å²) in [5.41, 5.74) is 0. The summed E-state index contributed by atoms with van der Waals surface area (Å²) in [6, 6.07) is 0.187. The van der Waals surface area contributed by atoms with Gasteiger partial charge in [-0.25, -0.2) is 4.79 Å². The maximum absolute atomic E-state index is 11.0. The summed E-state index contributed by atoms with van der Waals surface area (Å²) in [6.07, 6.45) is 0.231. The van der Waals surface area contributed by atoms with Crippen molar-refractivity contribution >= 4 is 6.03 Å². The molecule has 0 saturated carbocycles. The van der Waals surface area contributed by atoms with E-state index < -0.39 is 0 Å². The second kappa shape index (κ2) is 3.76. The molecule has 4 heteroatoms. The summed E-state index contributed by atoms with van der Waals surface area (Å²) in [6.45, 7) is 5.30.